The number of thiophene rings is 1. The first-order valence-corrected chi connectivity index (χ1v) is 10.4. The number of aliphatic imine (C=N–C) groups is 1. The zero-order valence-corrected chi connectivity index (χ0v) is 17.3. The van der Waals surface area contributed by atoms with Gasteiger partial charge in [0.2, 0.25) is 5.91 Å². The monoisotopic (exact) mass is 386 g/mol. The molecule has 0 aliphatic carbocycles. The Morgan fingerprint density at radius 3 is 2.59 bits per heavy atom. The Bertz CT molecular complexity index is 700. The molecule has 27 heavy (non-hydrogen) atoms. The van der Waals surface area contributed by atoms with Crippen molar-refractivity contribution >= 4 is 23.2 Å². The van der Waals surface area contributed by atoms with E-state index in [1.54, 1.807) is 11.3 Å². The second kappa shape index (κ2) is 11.4. The largest absolute Gasteiger partial charge is 0.357 e. The van der Waals surface area contributed by atoms with Crippen molar-refractivity contribution in [3.05, 3.63) is 58.3 Å². The zero-order chi connectivity index (χ0) is 19.5. The quantitative estimate of drug-likeness (QED) is 0.513. The second-order valence-electron chi connectivity index (χ2n) is 6.43. The molecule has 1 aromatic carbocycles. The van der Waals surface area contributed by atoms with E-state index in [4.69, 9.17) is 0 Å². The third-order valence-corrected chi connectivity index (χ3v) is 5.06. The number of carbonyl (C=O) groups excluding carboxylic acids is 1. The topological polar surface area (TPSA) is 56.7 Å². The van der Waals surface area contributed by atoms with Crippen molar-refractivity contribution in [1.82, 2.24) is 15.5 Å². The van der Waals surface area contributed by atoms with E-state index in [1.807, 2.05) is 49.1 Å². The zero-order valence-electron chi connectivity index (χ0n) is 16.4. The molecule has 1 heterocycles. The molecule has 0 saturated carbocycles. The minimum absolute atomic E-state index is 0.0319. The number of nitrogens with one attached hydrogen (secondary N) is 2. The molecule has 2 N–H and O–H groups in total. The van der Waals surface area contributed by atoms with Crippen LogP contribution in [0.5, 0.6) is 0 Å². The first kappa shape index (κ1) is 21.0. The lowest BCUT2D eigenvalue weighted by atomic mass is 10.1. The molecule has 0 spiro atoms. The Kier molecular flexibility index (Phi) is 8.84. The summed E-state index contributed by atoms with van der Waals surface area (Å²) >= 11 is 1.71. The summed E-state index contributed by atoms with van der Waals surface area (Å²) in [4.78, 5) is 18.9. The molecule has 146 valence electrons. The number of likely N-dealkylation sites (N-methyl/N-ethyl adjacent to an activating group) is 1. The third kappa shape index (κ3) is 7.06. The van der Waals surface area contributed by atoms with Gasteiger partial charge in [-0.15, -0.1) is 0 Å². The summed E-state index contributed by atoms with van der Waals surface area (Å²) in [7, 11) is 0. The third-order valence-electron chi connectivity index (χ3n) is 4.36. The number of amides is 1. The summed E-state index contributed by atoms with van der Waals surface area (Å²) in [6.07, 6.45) is 0. The Hall–Kier alpha value is -2.34. The predicted octanol–water partition coefficient (Wildman–Crippen LogP) is 3.46. The fourth-order valence-electron chi connectivity index (χ4n) is 2.69. The van der Waals surface area contributed by atoms with E-state index >= 15 is 0 Å². The van der Waals surface area contributed by atoms with Crippen molar-refractivity contribution < 1.29 is 4.79 Å². The summed E-state index contributed by atoms with van der Waals surface area (Å²) in [5, 5.41) is 10.8. The van der Waals surface area contributed by atoms with Crippen LogP contribution in [0, 0.1) is 0 Å². The van der Waals surface area contributed by atoms with Gasteiger partial charge in [-0.3, -0.25) is 4.79 Å². The van der Waals surface area contributed by atoms with Gasteiger partial charge in [-0.05, 0) is 47.7 Å². The maximum Gasteiger partial charge on any atom is 0.244 e. The maximum atomic E-state index is 12.6. The van der Waals surface area contributed by atoms with Crippen molar-refractivity contribution in [1.29, 1.82) is 0 Å². The number of rotatable bonds is 9. The molecule has 1 atom stereocenters. The molecule has 0 bridgehead atoms. The van der Waals surface area contributed by atoms with Crippen molar-refractivity contribution in [3.8, 4) is 0 Å². The van der Waals surface area contributed by atoms with Crippen LogP contribution in [0.1, 0.15) is 37.8 Å². The van der Waals surface area contributed by atoms with Gasteiger partial charge in [-0.25, -0.2) is 4.99 Å². The Morgan fingerprint density at radius 2 is 1.96 bits per heavy atom. The summed E-state index contributed by atoms with van der Waals surface area (Å²) in [6, 6.07) is 12.2. The van der Waals surface area contributed by atoms with Crippen molar-refractivity contribution in [3.63, 3.8) is 0 Å². The predicted molar refractivity (Wildman–Crippen MR) is 114 cm³/mol. The molecule has 6 heteroatoms. The van der Waals surface area contributed by atoms with E-state index in [2.05, 4.69) is 39.4 Å². The number of benzene rings is 1. The number of carbonyl (C=O) groups is 1. The number of guanidine groups is 1. The highest BCUT2D eigenvalue weighted by molar-refractivity contribution is 7.07. The molecule has 2 aromatic rings. The fourth-order valence-corrected chi connectivity index (χ4v) is 3.47. The van der Waals surface area contributed by atoms with Crippen LogP contribution >= 0.6 is 11.3 Å². The summed E-state index contributed by atoms with van der Waals surface area (Å²) in [6.45, 7) is 9.16. The first-order chi connectivity index (χ1) is 13.1. The molecule has 0 aliphatic rings. The van der Waals surface area contributed by atoms with Crippen LogP contribution in [0.3, 0.4) is 0 Å². The van der Waals surface area contributed by atoms with Crippen LogP contribution in [0.2, 0.25) is 0 Å². The molecular formula is C21H30N4OS. The lowest BCUT2D eigenvalue weighted by Crippen LogP contribution is -2.40. The van der Waals surface area contributed by atoms with E-state index in [-0.39, 0.29) is 12.5 Å². The van der Waals surface area contributed by atoms with E-state index in [1.165, 1.54) is 5.56 Å². The molecule has 0 fully saturated rings. The van der Waals surface area contributed by atoms with E-state index in [0.29, 0.717) is 25.0 Å². The highest BCUT2D eigenvalue weighted by Crippen LogP contribution is 2.16. The van der Waals surface area contributed by atoms with Gasteiger partial charge in [0.15, 0.2) is 5.96 Å². The van der Waals surface area contributed by atoms with Crippen molar-refractivity contribution in [2.24, 2.45) is 4.99 Å². The summed E-state index contributed by atoms with van der Waals surface area (Å²) < 4.78 is 0. The second-order valence-corrected chi connectivity index (χ2v) is 7.21. The molecule has 0 saturated heterocycles. The number of hydrogen-bond acceptors (Lipinski definition) is 3. The van der Waals surface area contributed by atoms with Crippen LogP contribution < -0.4 is 10.6 Å². The lowest BCUT2D eigenvalue weighted by Gasteiger charge is -2.21. The molecule has 1 amide bonds. The van der Waals surface area contributed by atoms with Crippen LogP contribution in [0.25, 0.3) is 0 Å². The summed E-state index contributed by atoms with van der Waals surface area (Å²) in [5.74, 6) is 1.11. The molecule has 1 aromatic heterocycles. The van der Waals surface area contributed by atoms with Crippen LogP contribution in [0.4, 0.5) is 0 Å². The van der Waals surface area contributed by atoms with Crippen molar-refractivity contribution in [2.75, 3.05) is 26.2 Å². The van der Waals surface area contributed by atoms with Gasteiger partial charge in [0.05, 0.1) is 0 Å². The molecule has 5 nitrogen and oxygen atoms in total. The molecule has 1 unspecified atom stereocenters. The minimum Gasteiger partial charge on any atom is -0.357 e. The van der Waals surface area contributed by atoms with Crippen LogP contribution in [-0.2, 0) is 11.3 Å². The smallest absolute Gasteiger partial charge is 0.244 e. The highest BCUT2D eigenvalue weighted by atomic mass is 32.1. The number of nitrogens with zero attached hydrogens (tertiary/aromatic N) is 2. The average molecular weight is 387 g/mol. The Balaban J connectivity index is 1.90. The Morgan fingerprint density at radius 1 is 1.19 bits per heavy atom. The van der Waals surface area contributed by atoms with Gasteiger partial charge < -0.3 is 15.5 Å². The van der Waals surface area contributed by atoms with E-state index in [9.17, 15) is 4.79 Å². The van der Waals surface area contributed by atoms with Crippen LogP contribution in [0.15, 0.2) is 52.2 Å². The van der Waals surface area contributed by atoms with Crippen LogP contribution in [-0.4, -0.2) is 42.9 Å². The van der Waals surface area contributed by atoms with Gasteiger partial charge in [0, 0.05) is 26.2 Å². The van der Waals surface area contributed by atoms with Crippen molar-refractivity contribution in [2.45, 2.75) is 33.2 Å². The maximum absolute atomic E-state index is 12.6. The highest BCUT2D eigenvalue weighted by Gasteiger charge is 2.12. The SMILES string of the molecule is CCNC(=NCC(=O)N(CC)Cc1ccccc1)NCC(C)c1ccsc1. The van der Waals surface area contributed by atoms with Gasteiger partial charge in [-0.2, -0.15) is 11.3 Å². The van der Waals surface area contributed by atoms with E-state index < -0.39 is 0 Å². The van der Waals surface area contributed by atoms with Gasteiger partial charge in [0.25, 0.3) is 0 Å². The van der Waals surface area contributed by atoms with Gasteiger partial charge >= 0.3 is 0 Å². The Labute approximate surface area is 166 Å². The minimum atomic E-state index is 0.0319. The summed E-state index contributed by atoms with van der Waals surface area (Å²) in [5.41, 5.74) is 2.45. The number of hydrogen-bond donors (Lipinski definition) is 2. The van der Waals surface area contributed by atoms with E-state index in [0.717, 1.165) is 18.7 Å². The first-order valence-electron chi connectivity index (χ1n) is 9.50. The average Bonchev–Trinajstić information content (AvgIpc) is 3.23. The fraction of sp³-hybridized carbons (Fsp3) is 0.429. The van der Waals surface area contributed by atoms with Gasteiger partial charge in [-0.1, -0.05) is 37.3 Å². The lowest BCUT2D eigenvalue weighted by molar-refractivity contribution is -0.130. The molecule has 0 aliphatic heterocycles. The molecule has 2 rings (SSSR count). The normalized spacial score (nSPS) is 12.5. The molecular weight excluding hydrogens is 356 g/mol. The standard InChI is InChI=1S/C21H30N4OS/c1-4-22-21(23-13-17(3)19-11-12-27-16-19)24-14-20(26)25(5-2)15-18-9-7-6-8-10-18/h6-12,16-17H,4-5,13-15H2,1-3H3,(H2,22,23,24). The van der Waals surface area contributed by atoms with Gasteiger partial charge in [0.1, 0.15) is 6.54 Å². The molecule has 0 radical (unpaired) electrons.